The number of carbonyl (C=O) groups excluding carboxylic acids is 4. The molecule has 4 amide bonds. The number of imide groups is 2. The van der Waals surface area contributed by atoms with Gasteiger partial charge in [-0.05, 0) is 73.4 Å². The summed E-state index contributed by atoms with van der Waals surface area (Å²) in [5, 5.41) is 0. The third-order valence-electron chi connectivity index (χ3n) is 7.64. The number of ether oxygens (including phenoxy) is 4. The molecule has 2 aliphatic heterocycles. The summed E-state index contributed by atoms with van der Waals surface area (Å²) in [6.45, 7) is 2.29. The Hall–Kier alpha value is -4.60. The average molecular weight is 561 g/mol. The van der Waals surface area contributed by atoms with E-state index in [0.29, 0.717) is 39.7 Å². The van der Waals surface area contributed by atoms with Crippen LogP contribution in [-0.4, -0.2) is 74.0 Å². The van der Waals surface area contributed by atoms with Gasteiger partial charge in [0.2, 0.25) is 11.8 Å². The number of allylic oxidation sites excluding steroid dienone is 1. The van der Waals surface area contributed by atoms with Crippen molar-refractivity contribution in [2.75, 3.05) is 40.5 Å². The van der Waals surface area contributed by atoms with Gasteiger partial charge in [0.25, 0.3) is 11.8 Å². The predicted molar refractivity (Wildman–Crippen MR) is 147 cm³/mol. The van der Waals surface area contributed by atoms with Gasteiger partial charge in [-0.3, -0.25) is 29.0 Å². The van der Waals surface area contributed by atoms with Gasteiger partial charge >= 0.3 is 0 Å². The summed E-state index contributed by atoms with van der Waals surface area (Å²) in [6.07, 6.45) is 2.14. The summed E-state index contributed by atoms with van der Waals surface area (Å²) in [6, 6.07) is 14.1. The minimum absolute atomic E-state index is 0.0555. The van der Waals surface area contributed by atoms with E-state index in [1.165, 1.54) is 9.80 Å². The van der Waals surface area contributed by atoms with Crippen molar-refractivity contribution in [2.24, 2.45) is 11.8 Å². The molecule has 1 aliphatic carbocycles. The van der Waals surface area contributed by atoms with Gasteiger partial charge in [0, 0.05) is 12.0 Å². The molecule has 214 valence electrons. The van der Waals surface area contributed by atoms with Gasteiger partial charge in [-0.2, -0.15) is 0 Å². The lowest BCUT2D eigenvalue weighted by molar-refractivity contribution is -0.141. The highest BCUT2D eigenvalue weighted by Gasteiger charge is 2.47. The van der Waals surface area contributed by atoms with Gasteiger partial charge in [0.05, 0.1) is 38.8 Å². The second kappa shape index (κ2) is 11.9. The topological polar surface area (TPSA) is 112 Å². The van der Waals surface area contributed by atoms with Gasteiger partial charge in [-0.25, -0.2) is 0 Å². The van der Waals surface area contributed by atoms with E-state index in [0.717, 1.165) is 0 Å². The van der Waals surface area contributed by atoms with E-state index in [1.54, 1.807) is 69.7 Å². The lowest BCUT2D eigenvalue weighted by Crippen LogP contribution is -2.36. The van der Waals surface area contributed by atoms with Crippen LogP contribution in [0.1, 0.15) is 19.8 Å². The highest BCUT2D eigenvalue weighted by Crippen LogP contribution is 2.41. The molecule has 2 heterocycles. The third kappa shape index (κ3) is 5.68. The molecule has 10 nitrogen and oxygen atoms in total. The molecule has 0 bridgehead atoms. The summed E-state index contributed by atoms with van der Waals surface area (Å²) in [7, 11) is 3.15. The van der Waals surface area contributed by atoms with E-state index >= 15 is 0 Å². The van der Waals surface area contributed by atoms with Crippen LogP contribution in [0.2, 0.25) is 0 Å². The molecule has 0 radical (unpaired) electrons. The minimum Gasteiger partial charge on any atom is -0.497 e. The lowest BCUT2D eigenvalue weighted by Gasteiger charge is -2.24. The largest absolute Gasteiger partial charge is 0.497 e. The van der Waals surface area contributed by atoms with E-state index in [2.05, 4.69) is 0 Å². The molecular formula is C31H32N2O8. The molecule has 2 atom stereocenters. The zero-order chi connectivity index (χ0) is 29.1. The highest BCUT2D eigenvalue weighted by molar-refractivity contribution is 6.21. The number of hydrogen-bond acceptors (Lipinski definition) is 8. The van der Waals surface area contributed by atoms with Gasteiger partial charge in [-0.15, -0.1) is 0 Å². The first-order valence-corrected chi connectivity index (χ1v) is 13.5. The SMILES string of the molecule is COc1ccc(OCCN2C(=O)C3=C(C2=O)C(C)=C[C@@H]([C@H]2CC(=O)N(CCOc4ccc(OC)cc4)C2=O)C3)cc1. The monoisotopic (exact) mass is 560 g/mol. The summed E-state index contributed by atoms with van der Waals surface area (Å²) in [5.41, 5.74) is 1.43. The van der Waals surface area contributed by atoms with Crippen LogP contribution in [0.3, 0.4) is 0 Å². The van der Waals surface area contributed by atoms with Crippen LogP contribution in [0.4, 0.5) is 0 Å². The molecule has 0 unspecified atom stereocenters. The number of methoxy groups -OCH3 is 2. The Labute approximate surface area is 238 Å². The zero-order valence-corrected chi connectivity index (χ0v) is 23.3. The Morgan fingerprint density at radius 2 is 1.22 bits per heavy atom. The van der Waals surface area contributed by atoms with Gasteiger partial charge in [-0.1, -0.05) is 6.08 Å². The molecule has 0 saturated carbocycles. The lowest BCUT2D eigenvalue weighted by atomic mass is 9.78. The quantitative estimate of drug-likeness (QED) is 0.386. The fraction of sp³-hybridized carbons (Fsp3) is 0.355. The van der Waals surface area contributed by atoms with Crippen LogP contribution in [0.15, 0.2) is 71.3 Å². The van der Waals surface area contributed by atoms with E-state index in [9.17, 15) is 19.2 Å². The van der Waals surface area contributed by atoms with Crippen LogP contribution >= 0.6 is 0 Å². The number of hydrogen-bond donors (Lipinski definition) is 0. The summed E-state index contributed by atoms with van der Waals surface area (Å²) < 4.78 is 21.7. The van der Waals surface area contributed by atoms with E-state index in [4.69, 9.17) is 18.9 Å². The molecular weight excluding hydrogens is 528 g/mol. The first kappa shape index (κ1) is 27.9. The van der Waals surface area contributed by atoms with E-state index < -0.39 is 5.92 Å². The van der Waals surface area contributed by atoms with E-state index in [-0.39, 0.29) is 68.7 Å². The Balaban J connectivity index is 1.17. The van der Waals surface area contributed by atoms with Crippen molar-refractivity contribution in [1.29, 1.82) is 0 Å². The molecule has 3 aliphatic rings. The molecule has 41 heavy (non-hydrogen) atoms. The highest BCUT2D eigenvalue weighted by atomic mass is 16.5. The second-order valence-electron chi connectivity index (χ2n) is 10.1. The first-order valence-electron chi connectivity index (χ1n) is 13.5. The van der Waals surface area contributed by atoms with Crippen LogP contribution in [0, 0.1) is 11.8 Å². The van der Waals surface area contributed by atoms with Crippen molar-refractivity contribution in [2.45, 2.75) is 19.8 Å². The molecule has 5 rings (SSSR count). The number of rotatable bonds is 11. The van der Waals surface area contributed by atoms with E-state index in [1.807, 2.05) is 6.08 Å². The third-order valence-corrected chi connectivity index (χ3v) is 7.64. The Morgan fingerprint density at radius 3 is 1.76 bits per heavy atom. The van der Waals surface area contributed by atoms with Crippen molar-refractivity contribution in [3.05, 3.63) is 71.3 Å². The zero-order valence-electron chi connectivity index (χ0n) is 23.3. The van der Waals surface area contributed by atoms with Crippen molar-refractivity contribution in [3.63, 3.8) is 0 Å². The number of nitrogens with zero attached hydrogens (tertiary/aromatic N) is 2. The second-order valence-corrected chi connectivity index (χ2v) is 10.1. The molecule has 10 heteroatoms. The molecule has 2 aromatic carbocycles. The predicted octanol–water partition coefficient (Wildman–Crippen LogP) is 3.17. The maximum atomic E-state index is 13.3. The number of amides is 4. The van der Waals surface area contributed by atoms with Crippen molar-refractivity contribution >= 4 is 23.6 Å². The van der Waals surface area contributed by atoms with Crippen molar-refractivity contribution in [1.82, 2.24) is 9.80 Å². The van der Waals surface area contributed by atoms with Crippen LogP contribution in [0.25, 0.3) is 0 Å². The van der Waals surface area contributed by atoms with Crippen LogP contribution in [0.5, 0.6) is 23.0 Å². The Kier molecular flexibility index (Phi) is 8.09. The maximum absolute atomic E-state index is 13.3. The van der Waals surface area contributed by atoms with Crippen molar-refractivity contribution in [3.8, 4) is 23.0 Å². The molecule has 0 spiro atoms. The van der Waals surface area contributed by atoms with Gasteiger partial charge in [0.1, 0.15) is 36.2 Å². The minimum atomic E-state index is -0.595. The number of likely N-dealkylation sites (tertiary alicyclic amines) is 1. The molecule has 1 saturated heterocycles. The van der Waals surface area contributed by atoms with Gasteiger partial charge in [0.15, 0.2) is 0 Å². The summed E-state index contributed by atoms with van der Waals surface area (Å²) >= 11 is 0. The fourth-order valence-electron chi connectivity index (χ4n) is 5.51. The van der Waals surface area contributed by atoms with Crippen molar-refractivity contribution < 1.29 is 38.1 Å². The Morgan fingerprint density at radius 1 is 0.707 bits per heavy atom. The molecule has 2 aromatic rings. The number of carbonyl (C=O) groups is 4. The number of benzene rings is 2. The average Bonchev–Trinajstić information content (AvgIpc) is 3.40. The van der Waals surface area contributed by atoms with Gasteiger partial charge < -0.3 is 18.9 Å². The molecule has 0 aromatic heterocycles. The Bertz CT molecular complexity index is 1410. The molecule has 0 N–H and O–H groups in total. The standard InChI is InChI=1S/C31H32N2O8/c1-19-16-20(25-18-27(34)32(29(25)35)12-14-40-23-8-4-21(38-2)5-9-23)17-26-28(19)31(37)33(30(26)36)13-15-41-24-10-6-22(39-3)7-11-24/h4-11,16,20,25H,12-15,17-18H2,1-3H3/t20-,25-/m1/s1. The maximum Gasteiger partial charge on any atom is 0.261 e. The normalized spacial score (nSPS) is 20.4. The molecule has 1 fully saturated rings. The summed E-state index contributed by atoms with van der Waals surface area (Å²) in [4.78, 5) is 54.9. The smallest absolute Gasteiger partial charge is 0.261 e. The van der Waals surface area contributed by atoms with Crippen LogP contribution < -0.4 is 18.9 Å². The fourth-order valence-corrected chi connectivity index (χ4v) is 5.51. The first-order chi connectivity index (χ1) is 19.8. The van der Waals surface area contributed by atoms with Crippen LogP contribution in [-0.2, 0) is 19.2 Å². The summed E-state index contributed by atoms with van der Waals surface area (Å²) in [5.74, 6) is 0.368.